The molecular formula is C36H46N4O2. The van der Waals surface area contributed by atoms with Crippen molar-refractivity contribution in [1.82, 2.24) is 19.9 Å². The Morgan fingerprint density at radius 1 is 0.881 bits per heavy atom. The first-order chi connectivity index (χ1) is 20.6. The molecule has 0 aromatic heterocycles. The Hall–Kier alpha value is -2.93. The zero-order valence-corrected chi connectivity index (χ0v) is 24.8. The van der Waals surface area contributed by atoms with Gasteiger partial charge in [0.2, 0.25) is 0 Å². The van der Waals surface area contributed by atoms with Gasteiger partial charge in [0.25, 0.3) is 0 Å². The maximum atomic E-state index is 12.9. The van der Waals surface area contributed by atoms with Crippen LogP contribution in [0.2, 0.25) is 0 Å². The number of nitrogens with one attached hydrogen (secondary N) is 1. The molecule has 5 aliphatic heterocycles. The van der Waals surface area contributed by atoms with Gasteiger partial charge in [0.05, 0.1) is 16.8 Å². The number of para-hydroxylation sites is 1. The van der Waals surface area contributed by atoms with Crippen LogP contribution in [0.25, 0.3) is 27.7 Å². The predicted molar refractivity (Wildman–Crippen MR) is 170 cm³/mol. The summed E-state index contributed by atoms with van der Waals surface area (Å²) in [6.45, 7) is 4.03. The maximum Gasteiger partial charge on any atom is 0.109 e. The van der Waals surface area contributed by atoms with Gasteiger partial charge in [0.15, 0.2) is 0 Å². The molecule has 2 unspecified atom stereocenters. The monoisotopic (exact) mass is 566 g/mol. The first kappa shape index (κ1) is 27.9. The predicted octanol–water partition coefficient (Wildman–Crippen LogP) is 6.81. The second kappa shape index (κ2) is 11.6. The van der Waals surface area contributed by atoms with E-state index in [2.05, 4.69) is 58.8 Å². The number of rotatable bonds is 1. The van der Waals surface area contributed by atoms with Crippen molar-refractivity contribution >= 4 is 16.5 Å². The molecule has 5 atom stereocenters. The summed E-state index contributed by atoms with van der Waals surface area (Å²) in [4.78, 5) is 7.77. The molecule has 0 saturated carbocycles. The molecule has 222 valence electrons. The molecule has 1 aromatic rings. The van der Waals surface area contributed by atoms with Gasteiger partial charge in [-0.25, -0.2) is 4.98 Å². The fourth-order valence-electron chi connectivity index (χ4n) is 8.75. The summed E-state index contributed by atoms with van der Waals surface area (Å²) < 4.78 is 1.29. The highest BCUT2D eigenvalue weighted by Crippen LogP contribution is 2.57. The first-order valence-corrected chi connectivity index (χ1v) is 16.4. The van der Waals surface area contributed by atoms with Crippen LogP contribution in [0.5, 0.6) is 0 Å². The minimum atomic E-state index is -1.05. The summed E-state index contributed by atoms with van der Waals surface area (Å²) in [6, 6.07) is 10.2. The van der Waals surface area contributed by atoms with E-state index in [0.29, 0.717) is 6.42 Å². The van der Waals surface area contributed by atoms with Crippen molar-refractivity contribution < 1.29 is 10.3 Å². The molecular weight excluding hydrogens is 520 g/mol. The third-order valence-corrected chi connectivity index (χ3v) is 10.7. The second-order valence-electron chi connectivity index (χ2n) is 13.2. The quantitative estimate of drug-likeness (QED) is 0.223. The van der Waals surface area contributed by atoms with E-state index >= 15 is 0 Å². The Morgan fingerprint density at radius 3 is 2.55 bits per heavy atom. The Morgan fingerprint density at radius 2 is 1.67 bits per heavy atom. The molecule has 1 saturated heterocycles. The van der Waals surface area contributed by atoms with Gasteiger partial charge in [0.1, 0.15) is 5.69 Å². The molecule has 1 spiro atoms. The molecule has 1 fully saturated rings. The van der Waals surface area contributed by atoms with E-state index in [1.807, 2.05) is 12.1 Å². The van der Waals surface area contributed by atoms with Gasteiger partial charge in [0, 0.05) is 35.1 Å². The van der Waals surface area contributed by atoms with Crippen molar-refractivity contribution in [2.24, 2.45) is 11.3 Å². The molecule has 5 heterocycles. The smallest absolute Gasteiger partial charge is 0.109 e. The van der Waals surface area contributed by atoms with Gasteiger partial charge >= 0.3 is 0 Å². The van der Waals surface area contributed by atoms with Crippen LogP contribution in [0.15, 0.2) is 66.9 Å². The van der Waals surface area contributed by atoms with Crippen LogP contribution in [0.3, 0.4) is 0 Å². The van der Waals surface area contributed by atoms with Gasteiger partial charge in [-0.1, -0.05) is 42.5 Å². The molecule has 6 nitrogen and oxygen atoms in total. The van der Waals surface area contributed by atoms with E-state index < -0.39 is 5.60 Å². The molecule has 0 radical (unpaired) electrons. The molecule has 0 amide bonds. The van der Waals surface area contributed by atoms with Crippen molar-refractivity contribution in [2.45, 2.75) is 82.3 Å². The number of hydrogen-bond acceptors (Lipinski definition) is 5. The van der Waals surface area contributed by atoms with Crippen LogP contribution >= 0.6 is 0 Å². The number of pyridine rings is 1. The Labute approximate surface area is 250 Å². The SMILES string of the molecule is On1ccc2c3ccccc3nc-2c1C1=C[C@@]2(O)CC/C=C\CCCCN3CCC1[C@]1(CC/C=C\CCCCN[C@H]12)C3. The largest absolute Gasteiger partial charge is 0.428 e. The van der Waals surface area contributed by atoms with Crippen LogP contribution in [0, 0.1) is 11.3 Å². The van der Waals surface area contributed by atoms with E-state index in [-0.39, 0.29) is 17.4 Å². The molecule has 6 aliphatic rings. The molecule has 6 heteroatoms. The molecule has 3 bridgehead atoms. The highest BCUT2D eigenvalue weighted by atomic mass is 16.5. The van der Waals surface area contributed by atoms with Crippen LogP contribution in [0.1, 0.15) is 76.3 Å². The summed E-state index contributed by atoms with van der Waals surface area (Å²) in [5, 5.41) is 29.6. The Kier molecular flexibility index (Phi) is 7.72. The highest BCUT2D eigenvalue weighted by Gasteiger charge is 2.59. The molecule has 1 aliphatic carbocycles. The lowest BCUT2D eigenvalue weighted by molar-refractivity contribution is -0.0801. The van der Waals surface area contributed by atoms with Crippen molar-refractivity contribution in [2.75, 3.05) is 26.2 Å². The first-order valence-electron chi connectivity index (χ1n) is 16.4. The number of piperidine rings is 1. The van der Waals surface area contributed by atoms with E-state index in [1.165, 1.54) is 24.0 Å². The Balaban J connectivity index is 1.45. The standard InChI is InChI=1S/C36H46N4O2/c41-36-20-12-6-2-4-8-14-22-39-23-18-30(35(26-39)19-11-5-1-3-7-13-21-37-34(35)36)29(25-36)33-32-28(17-24-40(33)42)27-15-9-10-16-31(27)38-32/h1-2,5-6,9-10,15-17,24-25,30,34,37,41-42H,3-4,7-8,11-14,18-23,26H2/b5-1-,6-2-/t30?,34-,35+,36+/m1/s1. The van der Waals surface area contributed by atoms with E-state index in [0.717, 1.165) is 105 Å². The number of aliphatic hydroxyl groups is 1. The fraction of sp³-hybridized carbons (Fsp3) is 0.528. The van der Waals surface area contributed by atoms with Gasteiger partial charge in [-0.15, -0.1) is 0 Å². The average Bonchev–Trinajstić information content (AvgIpc) is 3.34. The van der Waals surface area contributed by atoms with Crippen LogP contribution in [-0.4, -0.2) is 62.7 Å². The molecule has 3 N–H and O–H groups in total. The zero-order chi connectivity index (χ0) is 28.6. The van der Waals surface area contributed by atoms with Crippen molar-refractivity contribution in [1.29, 1.82) is 0 Å². The average molecular weight is 567 g/mol. The van der Waals surface area contributed by atoms with Crippen molar-refractivity contribution in [3.8, 4) is 11.3 Å². The topological polar surface area (TPSA) is 73.5 Å². The van der Waals surface area contributed by atoms with Crippen LogP contribution in [0.4, 0.5) is 0 Å². The lowest BCUT2D eigenvalue weighted by atomic mass is 9.53. The number of aromatic nitrogens is 2. The van der Waals surface area contributed by atoms with Gasteiger partial charge in [-0.3, -0.25) is 0 Å². The fourth-order valence-corrected chi connectivity index (χ4v) is 8.75. The van der Waals surface area contributed by atoms with Crippen LogP contribution < -0.4 is 5.32 Å². The number of nitrogens with zero attached hydrogens (tertiary/aromatic N) is 3. The molecule has 42 heavy (non-hydrogen) atoms. The number of allylic oxidation sites excluding steroid dienone is 5. The summed E-state index contributed by atoms with van der Waals surface area (Å²) in [6.07, 6.45) is 24.7. The van der Waals surface area contributed by atoms with Crippen LogP contribution in [-0.2, 0) is 0 Å². The van der Waals surface area contributed by atoms with E-state index in [1.54, 1.807) is 6.20 Å². The highest BCUT2D eigenvalue weighted by molar-refractivity contribution is 6.00. The minimum Gasteiger partial charge on any atom is -0.428 e. The third-order valence-electron chi connectivity index (χ3n) is 10.7. The number of fused-ring (bicyclic) bond motifs is 4. The molecule has 1 aromatic carbocycles. The summed E-state index contributed by atoms with van der Waals surface area (Å²) in [5.41, 5.74) is 3.43. The van der Waals surface area contributed by atoms with E-state index in [9.17, 15) is 10.3 Å². The number of benzene rings is 1. The second-order valence-corrected chi connectivity index (χ2v) is 13.2. The lowest BCUT2D eigenvalue weighted by Crippen LogP contribution is -2.68. The molecule has 7 rings (SSSR count). The Bertz CT molecular complexity index is 1470. The summed E-state index contributed by atoms with van der Waals surface area (Å²) >= 11 is 0. The zero-order valence-electron chi connectivity index (χ0n) is 24.8. The normalized spacial score (nSPS) is 34.3. The van der Waals surface area contributed by atoms with Gasteiger partial charge < -0.3 is 20.5 Å². The minimum absolute atomic E-state index is 0.0553. The van der Waals surface area contributed by atoms with E-state index in [4.69, 9.17) is 4.98 Å². The third kappa shape index (κ3) is 4.91. The van der Waals surface area contributed by atoms with Gasteiger partial charge in [-0.05, 0) is 120 Å². The summed E-state index contributed by atoms with van der Waals surface area (Å²) in [5.74, 6) is 0.199. The van der Waals surface area contributed by atoms with Crippen molar-refractivity contribution in [3.63, 3.8) is 0 Å². The maximum absolute atomic E-state index is 12.9. The van der Waals surface area contributed by atoms with Gasteiger partial charge in [-0.2, -0.15) is 4.73 Å². The summed E-state index contributed by atoms with van der Waals surface area (Å²) in [7, 11) is 0. The number of hydrogen-bond donors (Lipinski definition) is 3. The van der Waals surface area contributed by atoms with Crippen molar-refractivity contribution in [3.05, 3.63) is 72.6 Å². The lowest BCUT2D eigenvalue weighted by Gasteiger charge is -2.60.